The number of aryl methyl sites for hydroxylation is 1. The standard InChI is InChI=1S/C9H9F3N2O3S/c1-6-2-4-7(5-3-6)18(16,17)14-13-8(15)9(10,11)12/h2-5,14H,1H3,(H,13,15). The third kappa shape index (κ3) is 3.70. The molecule has 2 N–H and O–H groups in total. The predicted molar refractivity (Wildman–Crippen MR) is 55.7 cm³/mol. The highest BCUT2D eigenvalue weighted by Gasteiger charge is 2.39. The van der Waals surface area contributed by atoms with Crippen LogP contribution in [0.3, 0.4) is 0 Å². The van der Waals surface area contributed by atoms with Gasteiger partial charge < -0.3 is 0 Å². The lowest BCUT2D eigenvalue weighted by molar-refractivity contribution is -0.174. The smallest absolute Gasteiger partial charge is 0.270 e. The van der Waals surface area contributed by atoms with E-state index in [-0.39, 0.29) is 4.90 Å². The minimum absolute atomic E-state index is 0.254. The highest BCUT2D eigenvalue weighted by Crippen LogP contribution is 2.14. The van der Waals surface area contributed by atoms with Gasteiger partial charge in [-0.1, -0.05) is 17.7 Å². The van der Waals surface area contributed by atoms with Crippen molar-refractivity contribution in [1.29, 1.82) is 0 Å². The lowest BCUT2D eigenvalue weighted by atomic mass is 10.2. The first-order valence-electron chi connectivity index (χ1n) is 4.58. The first-order chi connectivity index (χ1) is 8.13. The molecule has 0 fully saturated rings. The van der Waals surface area contributed by atoms with E-state index in [1.54, 1.807) is 6.92 Å². The molecule has 1 aromatic carbocycles. The molecule has 0 heterocycles. The van der Waals surface area contributed by atoms with Crippen LogP contribution in [0.2, 0.25) is 0 Å². The van der Waals surface area contributed by atoms with E-state index in [0.29, 0.717) is 0 Å². The molecule has 5 nitrogen and oxygen atoms in total. The molecule has 1 rings (SSSR count). The van der Waals surface area contributed by atoms with Crippen molar-refractivity contribution in [2.24, 2.45) is 0 Å². The third-order valence-electron chi connectivity index (χ3n) is 1.89. The van der Waals surface area contributed by atoms with E-state index in [9.17, 15) is 26.4 Å². The van der Waals surface area contributed by atoms with Gasteiger partial charge in [0.25, 0.3) is 10.0 Å². The Morgan fingerprint density at radius 3 is 2.11 bits per heavy atom. The number of carbonyl (C=O) groups is 1. The second-order valence-corrected chi connectivity index (χ2v) is 5.05. The van der Waals surface area contributed by atoms with Crippen LogP contribution in [0.1, 0.15) is 5.56 Å². The summed E-state index contributed by atoms with van der Waals surface area (Å²) in [7, 11) is -4.21. The van der Waals surface area contributed by atoms with Gasteiger partial charge in [-0.2, -0.15) is 13.2 Å². The zero-order chi connectivity index (χ0) is 14.0. The number of hydrogen-bond donors (Lipinski definition) is 2. The summed E-state index contributed by atoms with van der Waals surface area (Å²) >= 11 is 0. The fraction of sp³-hybridized carbons (Fsp3) is 0.222. The molecule has 100 valence electrons. The molecule has 0 aromatic heterocycles. The SMILES string of the molecule is Cc1ccc(S(=O)(=O)NNC(=O)C(F)(F)F)cc1. The minimum atomic E-state index is -5.16. The first-order valence-corrected chi connectivity index (χ1v) is 6.07. The van der Waals surface area contributed by atoms with E-state index >= 15 is 0 Å². The number of halogens is 3. The molecular weight excluding hydrogens is 273 g/mol. The summed E-state index contributed by atoms with van der Waals surface area (Å²) in [5.41, 5.74) is 1.86. The molecule has 0 aliphatic carbocycles. The highest BCUT2D eigenvalue weighted by atomic mass is 32.2. The Bertz CT molecular complexity index is 537. The summed E-state index contributed by atoms with van der Waals surface area (Å²) < 4.78 is 58.5. The van der Waals surface area contributed by atoms with Gasteiger partial charge in [-0.15, -0.1) is 4.83 Å². The molecule has 0 aliphatic heterocycles. The molecule has 18 heavy (non-hydrogen) atoms. The molecule has 0 radical (unpaired) electrons. The van der Waals surface area contributed by atoms with Gasteiger partial charge in [0, 0.05) is 0 Å². The maximum absolute atomic E-state index is 11.8. The summed E-state index contributed by atoms with van der Waals surface area (Å²) in [6.07, 6.45) is -5.16. The molecule has 0 saturated carbocycles. The van der Waals surface area contributed by atoms with Crippen LogP contribution in [-0.2, 0) is 14.8 Å². The van der Waals surface area contributed by atoms with Crippen molar-refractivity contribution >= 4 is 15.9 Å². The summed E-state index contributed by atoms with van der Waals surface area (Å²) in [5, 5.41) is 0. The molecule has 9 heteroatoms. The fourth-order valence-corrected chi connectivity index (χ4v) is 1.80. The Morgan fingerprint density at radius 2 is 1.67 bits per heavy atom. The zero-order valence-electron chi connectivity index (χ0n) is 9.08. The molecular formula is C9H9F3N2O3S. The average Bonchev–Trinajstić information content (AvgIpc) is 2.25. The number of benzene rings is 1. The second kappa shape index (κ2) is 4.94. The zero-order valence-corrected chi connectivity index (χ0v) is 9.89. The minimum Gasteiger partial charge on any atom is -0.270 e. The van der Waals surface area contributed by atoms with Gasteiger partial charge in [-0.05, 0) is 19.1 Å². The number of hydrazine groups is 1. The van der Waals surface area contributed by atoms with Crippen molar-refractivity contribution in [3.63, 3.8) is 0 Å². The van der Waals surface area contributed by atoms with Crippen LogP contribution in [0.15, 0.2) is 29.2 Å². The Morgan fingerprint density at radius 1 is 1.17 bits per heavy atom. The van der Waals surface area contributed by atoms with Crippen LogP contribution in [-0.4, -0.2) is 20.5 Å². The Kier molecular flexibility index (Phi) is 3.97. The lowest BCUT2D eigenvalue weighted by Gasteiger charge is -2.10. The summed E-state index contributed by atoms with van der Waals surface area (Å²) in [6.45, 7) is 1.72. The van der Waals surface area contributed by atoms with Gasteiger partial charge in [-0.3, -0.25) is 10.2 Å². The lowest BCUT2D eigenvalue weighted by Crippen LogP contribution is -2.47. The van der Waals surface area contributed by atoms with Crippen LogP contribution in [0.25, 0.3) is 0 Å². The summed E-state index contributed by atoms with van der Waals surface area (Å²) in [4.78, 5) is 11.5. The Labute approximate surface area is 101 Å². The number of alkyl halides is 3. The van der Waals surface area contributed by atoms with Crippen molar-refractivity contribution in [3.8, 4) is 0 Å². The van der Waals surface area contributed by atoms with E-state index < -0.39 is 22.1 Å². The molecule has 1 amide bonds. The van der Waals surface area contributed by atoms with Crippen LogP contribution in [0.5, 0.6) is 0 Å². The quantitative estimate of drug-likeness (QED) is 0.808. The molecule has 0 unspecified atom stereocenters. The highest BCUT2D eigenvalue weighted by molar-refractivity contribution is 7.89. The Hall–Kier alpha value is -1.61. The molecule has 0 bridgehead atoms. The van der Waals surface area contributed by atoms with Gasteiger partial charge in [0.2, 0.25) is 0 Å². The van der Waals surface area contributed by atoms with E-state index in [4.69, 9.17) is 0 Å². The topological polar surface area (TPSA) is 75.3 Å². The van der Waals surface area contributed by atoms with Crippen LogP contribution in [0.4, 0.5) is 13.2 Å². The van der Waals surface area contributed by atoms with Crippen molar-refractivity contribution < 1.29 is 26.4 Å². The van der Waals surface area contributed by atoms with Crippen molar-refractivity contribution in [2.45, 2.75) is 18.0 Å². The van der Waals surface area contributed by atoms with Crippen molar-refractivity contribution in [2.75, 3.05) is 0 Å². The van der Waals surface area contributed by atoms with Gasteiger partial charge in [0.1, 0.15) is 0 Å². The fourth-order valence-electron chi connectivity index (χ4n) is 0.961. The van der Waals surface area contributed by atoms with Gasteiger partial charge >= 0.3 is 12.1 Å². The van der Waals surface area contributed by atoms with Crippen LogP contribution < -0.4 is 10.3 Å². The van der Waals surface area contributed by atoms with Gasteiger partial charge in [-0.25, -0.2) is 8.42 Å². The number of amides is 1. The summed E-state index contributed by atoms with van der Waals surface area (Å²) in [5.74, 6) is -2.39. The normalized spacial score (nSPS) is 12.2. The number of hydrogen-bond acceptors (Lipinski definition) is 3. The van der Waals surface area contributed by atoms with Gasteiger partial charge in [0.05, 0.1) is 4.90 Å². The van der Waals surface area contributed by atoms with E-state index in [0.717, 1.165) is 11.0 Å². The van der Waals surface area contributed by atoms with Crippen LogP contribution in [0, 0.1) is 6.92 Å². The van der Waals surface area contributed by atoms with Crippen molar-refractivity contribution in [1.82, 2.24) is 10.3 Å². The summed E-state index contributed by atoms with van der Waals surface area (Å²) in [6, 6.07) is 5.36. The molecule has 1 aromatic rings. The molecule has 0 aliphatic rings. The molecule has 0 saturated heterocycles. The van der Waals surface area contributed by atoms with Crippen LogP contribution >= 0.6 is 0 Å². The first kappa shape index (κ1) is 14.5. The molecule has 0 atom stereocenters. The van der Waals surface area contributed by atoms with E-state index in [1.807, 2.05) is 0 Å². The Balaban J connectivity index is 2.78. The number of nitrogens with one attached hydrogen (secondary N) is 2. The van der Waals surface area contributed by atoms with E-state index in [1.165, 1.54) is 29.1 Å². The molecule has 0 spiro atoms. The second-order valence-electron chi connectivity index (χ2n) is 3.37. The predicted octanol–water partition coefficient (Wildman–Crippen LogP) is 0.867. The number of rotatable bonds is 3. The average molecular weight is 282 g/mol. The largest absolute Gasteiger partial charge is 0.472 e. The van der Waals surface area contributed by atoms with E-state index in [2.05, 4.69) is 0 Å². The maximum atomic E-state index is 11.8. The van der Waals surface area contributed by atoms with Crippen molar-refractivity contribution in [3.05, 3.63) is 29.8 Å². The monoisotopic (exact) mass is 282 g/mol. The maximum Gasteiger partial charge on any atom is 0.472 e. The number of carbonyl (C=O) groups excluding carboxylic acids is 1. The third-order valence-corrected chi connectivity index (χ3v) is 3.15. The number of sulfonamides is 1. The van der Waals surface area contributed by atoms with Gasteiger partial charge in [0.15, 0.2) is 0 Å².